The van der Waals surface area contributed by atoms with E-state index >= 15 is 0 Å². The first-order chi connectivity index (χ1) is 10.6. The van der Waals surface area contributed by atoms with E-state index in [0.717, 1.165) is 12.1 Å². The summed E-state index contributed by atoms with van der Waals surface area (Å²) in [6.45, 7) is 3.82. The largest absolute Gasteiger partial charge is 0.416 e. The van der Waals surface area contributed by atoms with E-state index in [-0.39, 0.29) is 25.0 Å². The van der Waals surface area contributed by atoms with Crippen LogP contribution in [-0.2, 0) is 6.18 Å². The average Bonchev–Trinajstić information content (AvgIpc) is 2.87. The fourth-order valence-corrected chi connectivity index (χ4v) is 2.69. The van der Waals surface area contributed by atoms with Crippen molar-refractivity contribution in [1.82, 2.24) is 9.80 Å². The van der Waals surface area contributed by atoms with Gasteiger partial charge in [0.25, 0.3) is 0 Å². The Balaban J connectivity index is 2.31. The van der Waals surface area contributed by atoms with Gasteiger partial charge in [-0.3, -0.25) is 0 Å². The van der Waals surface area contributed by atoms with Gasteiger partial charge in [-0.25, -0.2) is 4.79 Å². The van der Waals surface area contributed by atoms with Gasteiger partial charge in [0.2, 0.25) is 0 Å². The third-order valence-electron chi connectivity index (χ3n) is 4.20. The number of carbonyl (C=O) groups excluding carboxylic acids is 1. The summed E-state index contributed by atoms with van der Waals surface area (Å²) in [6.07, 6.45) is -4.94. The monoisotopic (exact) mass is 330 g/mol. The van der Waals surface area contributed by atoms with Crippen LogP contribution in [0.4, 0.5) is 18.0 Å². The zero-order valence-electron chi connectivity index (χ0n) is 13.3. The minimum absolute atomic E-state index is 0.0394. The molecule has 0 spiro atoms. The Morgan fingerprint density at radius 2 is 2.04 bits per heavy atom. The van der Waals surface area contributed by atoms with E-state index < -0.39 is 23.9 Å². The van der Waals surface area contributed by atoms with Crippen LogP contribution in [0.15, 0.2) is 24.3 Å². The lowest BCUT2D eigenvalue weighted by Gasteiger charge is -2.32. The quantitative estimate of drug-likeness (QED) is 0.904. The van der Waals surface area contributed by atoms with Crippen molar-refractivity contribution < 1.29 is 23.1 Å². The lowest BCUT2D eigenvalue weighted by molar-refractivity contribution is -0.137. The maximum Gasteiger partial charge on any atom is 0.416 e. The van der Waals surface area contributed by atoms with Crippen LogP contribution in [0, 0.1) is 0 Å². The molecule has 4 nitrogen and oxygen atoms in total. The van der Waals surface area contributed by atoms with Gasteiger partial charge in [0.05, 0.1) is 17.7 Å². The van der Waals surface area contributed by atoms with E-state index in [9.17, 15) is 23.1 Å². The van der Waals surface area contributed by atoms with E-state index in [1.54, 1.807) is 13.1 Å². The first-order valence-corrected chi connectivity index (χ1v) is 7.50. The zero-order chi connectivity index (χ0) is 17.4. The molecule has 0 aliphatic carbocycles. The van der Waals surface area contributed by atoms with E-state index in [1.165, 1.54) is 15.9 Å². The van der Waals surface area contributed by atoms with Crippen molar-refractivity contribution in [2.75, 3.05) is 13.6 Å². The average molecular weight is 330 g/mol. The van der Waals surface area contributed by atoms with Crippen molar-refractivity contribution in [1.29, 1.82) is 0 Å². The molecule has 2 rings (SSSR count). The molecule has 23 heavy (non-hydrogen) atoms. The summed E-state index contributed by atoms with van der Waals surface area (Å²) in [5, 5.41) is 9.90. The topological polar surface area (TPSA) is 43.8 Å². The Morgan fingerprint density at radius 1 is 1.39 bits per heavy atom. The Bertz CT molecular complexity index is 575. The van der Waals surface area contributed by atoms with Crippen molar-refractivity contribution in [2.45, 2.75) is 44.6 Å². The number of β-amino-alcohol motifs (C(OH)–C–C–N with tert-alkyl or cyclic N) is 1. The number of amides is 2. The smallest absolute Gasteiger partial charge is 0.391 e. The second kappa shape index (κ2) is 6.39. The van der Waals surface area contributed by atoms with Crippen molar-refractivity contribution in [3.8, 4) is 0 Å². The second-order valence-corrected chi connectivity index (χ2v) is 6.17. The molecule has 0 unspecified atom stereocenters. The van der Waals surface area contributed by atoms with Gasteiger partial charge in [-0.2, -0.15) is 13.2 Å². The van der Waals surface area contributed by atoms with Crippen LogP contribution in [0.25, 0.3) is 0 Å². The number of benzene rings is 1. The molecule has 1 aliphatic rings. The maximum atomic E-state index is 12.9. The summed E-state index contributed by atoms with van der Waals surface area (Å²) < 4.78 is 38.6. The minimum atomic E-state index is -4.43. The number of hydrogen-bond donors (Lipinski definition) is 1. The second-order valence-electron chi connectivity index (χ2n) is 6.17. The molecule has 0 aromatic heterocycles. The summed E-state index contributed by atoms with van der Waals surface area (Å²) in [4.78, 5) is 15.5. The SMILES string of the molecule is CC(C)N(C)C(=O)N1C[C@H](O)C[C@@H]1c1cccc(C(F)(F)F)c1. The molecule has 1 saturated heterocycles. The molecule has 1 aliphatic heterocycles. The van der Waals surface area contributed by atoms with Gasteiger partial charge in [-0.1, -0.05) is 12.1 Å². The molecule has 1 N–H and O–H groups in total. The van der Waals surface area contributed by atoms with Crippen molar-refractivity contribution in [3.05, 3.63) is 35.4 Å². The van der Waals surface area contributed by atoms with Crippen LogP contribution >= 0.6 is 0 Å². The number of aliphatic hydroxyl groups is 1. The highest BCUT2D eigenvalue weighted by atomic mass is 19.4. The fourth-order valence-electron chi connectivity index (χ4n) is 2.69. The van der Waals surface area contributed by atoms with Crippen molar-refractivity contribution in [2.24, 2.45) is 0 Å². The molecule has 0 radical (unpaired) electrons. The van der Waals surface area contributed by atoms with Crippen LogP contribution in [0.3, 0.4) is 0 Å². The highest BCUT2D eigenvalue weighted by Crippen LogP contribution is 2.36. The third-order valence-corrected chi connectivity index (χ3v) is 4.20. The molecular weight excluding hydrogens is 309 g/mol. The van der Waals surface area contributed by atoms with Crippen LogP contribution < -0.4 is 0 Å². The molecule has 2 amide bonds. The van der Waals surface area contributed by atoms with Crippen LogP contribution in [0.2, 0.25) is 0 Å². The number of nitrogens with zero attached hydrogens (tertiary/aromatic N) is 2. The van der Waals surface area contributed by atoms with Gasteiger partial charge in [0, 0.05) is 19.6 Å². The predicted molar refractivity (Wildman–Crippen MR) is 79.8 cm³/mol. The molecule has 1 fully saturated rings. The zero-order valence-corrected chi connectivity index (χ0v) is 13.3. The van der Waals surface area contributed by atoms with Crippen molar-refractivity contribution in [3.63, 3.8) is 0 Å². The number of carbonyl (C=O) groups is 1. The summed E-state index contributed by atoms with van der Waals surface area (Å²) in [6, 6.07) is 4.06. The third kappa shape index (κ3) is 3.77. The predicted octanol–water partition coefficient (Wildman–Crippen LogP) is 3.27. The van der Waals surface area contributed by atoms with Gasteiger partial charge in [0.1, 0.15) is 0 Å². The van der Waals surface area contributed by atoms with Crippen LogP contribution in [-0.4, -0.2) is 46.7 Å². The van der Waals surface area contributed by atoms with E-state index in [2.05, 4.69) is 0 Å². The number of aliphatic hydroxyl groups excluding tert-OH is 1. The highest BCUT2D eigenvalue weighted by Gasteiger charge is 2.38. The van der Waals surface area contributed by atoms with Crippen LogP contribution in [0.1, 0.15) is 37.4 Å². The van der Waals surface area contributed by atoms with Crippen LogP contribution in [0.5, 0.6) is 0 Å². The minimum Gasteiger partial charge on any atom is -0.391 e. The summed E-state index contributed by atoms with van der Waals surface area (Å²) >= 11 is 0. The Hall–Kier alpha value is -1.76. The summed E-state index contributed by atoms with van der Waals surface area (Å²) in [7, 11) is 1.64. The van der Waals surface area contributed by atoms with Gasteiger partial charge >= 0.3 is 12.2 Å². The summed E-state index contributed by atoms with van der Waals surface area (Å²) in [5.41, 5.74) is -0.358. The van der Waals surface area contributed by atoms with E-state index in [4.69, 9.17) is 0 Å². The van der Waals surface area contributed by atoms with Crippen molar-refractivity contribution >= 4 is 6.03 Å². The molecule has 128 valence electrons. The number of hydrogen-bond acceptors (Lipinski definition) is 2. The number of urea groups is 1. The normalized spacial score (nSPS) is 21.8. The fraction of sp³-hybridized carbons (Fsp3) is 0.562. The van der Waals surface area contributed by atoms with E-state index in [0.29, 0.717) is 5.56 Å². The van der Waals surface area contributed by atoms with E-state index in [1.807, 2.05) is 13.8 Å². The highest BCUT2D eigenvalue weighted by molar-refractivity contribution is 5.75. The Labute approximate surface area is 133 Å². The van der Waals surface area contributed by atoms with Gasteiger partial charge in [-0.05, 0) is 38.0 Å². The molecule has 2 atom stereocenters. The maximum absolute atomic E-state index is 12.9. The molecular formula is C16H21F3N2O2. The molecule has 1 aromatic carbocycles. The Kier molecular flexibility index (Phi) is 4.89. The van der Waals surface area contributed by atoms with Gasteiger partial charge < -0.3 is 14.9 Å². The lowest BCUT2D eigenvalue weighted by Crippen LogP contribution is -2.44. The summed E-state index contributed by atoms with van der Waals surface area (Å²) in [5.74, 6) is 0. The number of alkyl halides is 3. The molecule has 1 aromatic rings. The molecule has 0 saturated carbocycles. The lowest BCUT2D eigenvalue weighted by atomic mass is 10.0. The number of rotatable bonds is 2. The Morgan fingerprint density at radius 3 is 2.61 bits per heavy atom. The van der Waals surface area contributed by atoms with Gasteiger partial charge in [0.15, 0.2) is 0 Å². The number of halogens is 3. The molecule has 0 bridgehead atoms. The number of likely N-dealkylation sites (tertiary alicyclic amines) is 1. The first-order valence-electron chi connectivity index (χ1n) is 7.50. The van der Waals surface area contributed by atoms with Gasteiger partial charge in [-0.15, -0.1) is 0 Å². The molecule has 7 heteroatoms. The first kappa shape index (κ1) is 17.6. The molecule has 1 heterocycles. The standard InChI is InChI=1S/C16H21F3N2O2/c1-10(2)20(3)15(23)21-9-13(22)8-14(21)11-5-4-6-12(7-11)16(17,18)19/h4-7,10,13-14,22H,8-9H2,1-3H3/t13-,14-/m1/s1.